The number of rotatable bonds is 9. The molecule has 0 aliphatic carbocycles. The van der Waals surface area contributed by atoms with Crippen molar-refractivity contribution in [3.8, 4) is 0 Å². The summed E-state index contributed by atoms with van der Waals surface area (Å²) in [7, 11) is 0. The van der Waals surface area contributed by atoms with Crippen molar-refractivity contribution < 1.29 is 4.79 Å². The lowest BCUT2D eigenvalue weighted by Gasteiger charge is -2.23. The molecule has 0 bridgehead atoms. The predicted octanol–water partition coefficient (Wildman–Crippen LogP) is 7.76. The van der Waals surface area contributed by atoms with Crippen molar-refractivity contribution in [2.24, 2.45) is 17.8 Å². The Hall–Kier alpha value is -1.89. The SMILES string of the molecule is CC(C)=C(/C=C\C=C/C(C)C)C(CC(C)C)C(=O)c1ccccc1C(C)C. The second kappa shape index (κ2) is 11.1. The molecule has 0 saturated heterocycles. The Morgan fingerprint density at radius 3 is 2.11 bits per heavy atom. The van der Waals surface area contributed by atoms with Gasteiger partial charge in [-0.15, -0.1) is 0 Å². The molecule has 1 unspecified atom stereocenters. The lowest BCUT2D eigenvalue weighted by atomic mass is 9.80. The molecular weight excluding hydrogens is 328 g/mol. The third kappa shape index (κ3) is 7.33. The van der Waals surface area contributed by atoms with Crippen molar-refractivity contribution in [1.82, 2.24) is 0 Å². The molecule has 0 aliphatic rings. The van der Waals surface area contributed by atoms with E-state index in [1.165, 1.54) is 5.57 Å². The van der Waals surface area contributed by atoms with Crippen LogP contribution in [0.2, 0.25) is 0 Å². The summed E-state index contributed by atoms with van der Waals surface area (Å²) in [4.78, 5) is 13.6. The highest BCUT2D eigenvalue weighted by Gasteiger charge is 2.26. The molecule has 0 N–H and O–H groups in total. The summed E-state index contributed by atoms with van der Waals surface area (Å²) in [6.07, 6.45) is 9.34. The molecule has 0 heterocycles. The lowest BCUT2D eigenvalue weighted by Crippen LogP contribution is -2.21. The van der Waals surface area contributed by atoms with E-state index in [1.807, 2.05) is 18.2 Å². The van der Waals surface area contributed by atoms with Gasteiger partial charge in [0.2, 0.25) is 0 Å². The van der Waals surface area contributed by atoms with E-state index in [0.717, 1.165) is 23.1 Å². The van der Waals surface area contributed by atoms with Gasteiger partial charge in [-0.2, -0.15) is 0 Å². The second-order valence-electron chi connectivity index (χ2n) is 8.73. The number of Topliss-reactive ketones (excluding diaryl/α,β-unsaturated/α-hetero) is 1. The van der Waals surface area contributed by atoms with Crippen molar-refractivity contribution in [3.63, 3.8) is 0 Å². The minimum Gasteiger partial charge on any atom is -0.293 e. The van der Waals surface area contributed by atoms with E-state index in [4.69, 9.17) is 0 Å². The van der Waals surface area contributed by atoms with Crippen molar-refractivity contribution >= 4 is 5.78 Å². The molecule has 148 valence electrons. The fraction of sp³-hybridized carbons (Fsp3) is 0.500. The fourth-order valence-corrected chi connectivity index (χ4v) is 3.34. The highest BCUT2D eigenvalue weighted by atomic mass is 16.1. The van der Waals surface area contributed by atoms with Gasteiger partial charge in [0.15, 0.2) is 5.78 Å². The van der Waals surface area contributed by atoms with E-state index in [1.54, 1.807) is 0 Å². The molecule has 1 aromatic rings. The molecule has 1 rings (SSSR count). The van der Waals surface area contributed by atoms with E-state index in [2.05, 4.69) is 85.8 Å². The van der Waals surface area contributed by atoms with Crippen LogP contribution in [0.4, 0.5) is 0 Å². The predicted molar refractivity (Wildman–Crippen MR) is 119 cm³/mol. The summed E-state index contributed by atoms with van der Waals surface area (Å²) in [6, 6.07) is 8.10. The average molecular weight is 367 g/mol. The molecule has 0 aliphatic heterocycles. The summed E-state index contributed by atoms with van der Waals surface area (Å²) in [5.41, 5.74) is 4.39. The van der Waals surface area contributed by atoms with Gasteiger partial charge in [-0.25, -0.2) is 0 Å². The van der Waals surface area contributed by atoms with E-state index in [9.17, 15) is 4.79 Å². The topological polar surface area (TPSA) is 17.1 Å². The van der Waals surface area contributed by atoms with Crippen LogP contribution >= 0.6 is 0 Å². The van der Waals surface area contributed by atoms with Gasteiger partial charge in [0, 0.05) is 11.5 Å². The first-order chi connectivity index (χ1) is 12.6. The Bertz CT molecular complexity index is 695. The van der Waals surface area contributed by atoms with Gasteiger partial charge >= 0.3 is 0 Å². The summed E-state index contributed by atoms with van der Waals surface area (Å²) < 4.78 is 0. The smallest absolute Gasteiger partial charge is 0.170 e. The monoisotopic (exact) mass is 366 g/mol. The Labute approximate surface area is 167 Å². The number of ketones is 1. The molecule has 0 amide bonds. The lowest BCUT2D eigenvalue weighted by molar-refractivity contribution is 0.0926. The maximum absolute atomic E-state index is 13.6. The summed E-state index contributed by atoms with van der Waals surface area (Å²) in [6.45, 7) is 17.3. The quantitative estimate of drug-likeness (QED) is 0.322. The van der Waals surface area contributed by atoms with Crippen molar-refractivity contribution in [2.45, 2.75) is 67.7 Å². The van der Waals surface area contributed by atoms with Gasteiger partial charge in [0.1, 0.15) is 0 Å². The van der Waals surface area contributed by atoms with Gasteiger partial charge in [0.25, 0.3) is 0 Å². The van der Waals surface area contributed by atoms with Crippen LogP contribution < -0.4 is 0 Å². The standard InChI is InChI=1S/C26H38O/c1-18(2)13-9-10-15-23(21(7)8)25(17-19(3)4)26(27)24-16-12-11-14-22(24)20(5)6/h9-16,18-20,25H,17H2,1-8H3/b13-9-,15-10-. The summed E-state index contributed by atoms with van der Waals surface area (Å²) >= 11 is 0. The molecule has 0 radical (unpaired) electrons. The molecule has 1 atom stereocenters. The second-order valence-corrected chi connectivity index (χ2v) is 8.73. The van der Waals surface area contributed by atoms with Crippen molar-refractivity contribution in [2.75, 3.05) is 0 Å². The number of hydrogen-bond acceptors (Lipinski definition) is 1. The molecule has 0 aromatic heterocycles. The third-order valence-electron chi connectivity index (χ3n) is 4.71. The van der Waals surface area contributed by atoms with Gasteiger partial charge < -0.3 is 0 Å². The van der Waals surface area contributed by atoms with Crippen LogP contribution in [0.5, 0.6) is 0 Å². The van der Waals surface area contributed by atoms with Crippen LogP contribution in [0.25, 0.3) is 0 Å². The number of allylic oxidation sites excluding steroid dienone is 6. The Kier molecular flexibility index (Phi) is 9.49. The number of benzene rings is 1. The highest BCUT2D eigenvalue weighted by Crippen LogP contribution is 2.31. The molecule has 0 saturated carbocycles. The molecule has 27 heavy (non-hydrogen) atoms. The van der Waals surface area contributed by atoms with Crippen LogP contribution in [-0.4, -0.2) is 5.78 Å². The van der Waals surface area contributed by atoms with Gasteiger partial charge in [-0.3, -0.25) is 4.79 Å². The highest BCUT2D eigenvalue weighted by molar-refractivity contribution is 6.01. The zero-order valence-corrected chi connectivity index (χ0v) is 18.5. The minimum absolute atomic E-state index is 0.0985. The minimum atomic E-state index is -0.0985. The molecule has 1 aromatic carbocycles. The Morgan fingerprint density at radius 1 is 0.963 bits per heavy atom. The fourth-order valence-electron chi connectivity index (χ4n) is 3.34. The number of carbonyl (C=O) groups excluding carboxylic acids is 1. The van der Waals surface area contributed by atoms with Gasteiger partial charge in [0.05, 0.1) is 0 Å². The van der Waals surface area contributed by atoms with Gasteiger partial charge in [-0.1, -0.05) is 95.7 Å². The number of hydrogen-bond donors (Lipinski definition) is 0. The average Bonchev–Trinajstić information content (AvgIpc) is 2.58. The van der Waals surface area contributed by atoms with Crippen molar-refractivity contribution in [3.05, 3.63) is 70.8 Å². The third-order valence-corrected chi connectivity index (χ3v) is 4.71. The molecular formula is C26H38O. The van der Waals surface area contributed by atoms with Crippen LogP contribution in [0.3, 0.4) is 0 Å². The zero-order valence-electron chi connectivity index (χ0n) is 18.5. The molecule has 1 nitrogen and oxygen atoms in total. The maximum atomic E-state index is 13.6. The van der Waals surface area contributed by atoms with Gasteiger partial charge in [-0.05, 0) is 49.2 Å². The largest absolute Gasteiger partial charge is 0.293 e. The van der Waals surface area contributed by atoms with Crippen LogP contribution in [-0.2, 0) is 0 Å². The molecule has 0 fully saturated rings. The molecule has 0 spiro atoms. The first kappa shape index (κ1) is 23.1. The first-order valence-corrected chi connectivity index (χ1v) is 10.3. The molecule has 1 heteroatoms. The number of carbonyl (C=O) groups is 1. The van der Waals surface area contributed by atoms with Crippen molar-refractivity contribution in [1.29, 1.82) is 0 Å². The van der Waals surface area contributed by atoms with Crippen LogP contribution in [0.15, 0.2) is 59.7 Å². The normalized spacial score (nSPS) is 13.3. The Morgan fingerprint density at radius 2 is 1.59 bits per heavy atom. The summed E-state index contributed by atoms with van der Waals surface area (Å²) in [5.74, 6) is 1.47. The van der Waals surface area contributed by atoms with Crippen LogP contribution in [0, 0.1) is 17.8 Å². The van der Waals surface area contributed by atoms with E-state index >= 15 is 0 Å². The zero-order chi connectivity index (χ0) is 20.6. The van der Waals surface area contributed by atoms with Crippen LogP contribution in [0.1, 0.15) is 83.7 Å². The van der Waals surface area contributed by atoms with E-state index in [-0.39, 0.29) is 11.7 Å². The maximum Gasteiger partial charge on any atom is 0.170 e. The summed E-state index contributed by atoms with van der Waals surface area (Å²) in [5, 5.41) is 0. The Balaban J connectivity index is 3.34. The van der Waals surface area contributed by atoms with E-state index < -0.39 is 0 Å². The first-order valence-electron chi connectivity index (χ1n) is 10.3. The van der Waals surface area contributed by atoms with E-state index in [0.29, 0.717) is 17.8 Å².